The molecule has 0 spiro atoms. The molecule has 0 radical (unpaired) electrons. The van der Waals surface area contributed by atoms with Crippen LogP contribution in [0.3, 0.4) is 0 Å². The SMILES string of the molecule is CCCn1cc(N)cc1C(=O)NCC1CCC1. The highest BCUT2D eigenvalue weighted by atomic mass is 16.1. The van der Waals surface area contributed by atoms with Crippen LogP contribution in [0.4, 0.5) is 5.69 Å². The monoisotopic (exact) mass is 235 g/mol. The van der Waals surface area contributed by atoms with E-state index < -0.39 is 0 Å². The standard InChI is InChI=1S/C13H21N3O/c1-2-6-16-9-11(14)7-12(16)13(17)15-8-10-4-3-5-10/h7,9-10H,2-6,8,14H2,1H3,(H,15,17). The van der Waals surface area contributed by atoms with E-state index in [1.54, 1.807) is 6.07 Å². The van der Waals surface area contributed by atoms with E-state index in [2.05, 4.69) is 12.2 Å². The summed E-state index contributed by atoms with van der Waals surface area (Å²) in [6.07, 6.45) is 6.63. The average molecular weight is 235 g/mol. The van der Waals surface area contributed by atoms with E-state index in [0.29, 0.717) is 17.3 Å². The van der Waals surface area contributed by atoms with Crippen molar-refractivity contribution in [1.29, 1.82) is 0 Å². The maximum absolute atomic E-state index is 12.0. The van der Waals surface area contributed by atoms with Crippen molar-refractivity contribution < 1.29 is 4.79 Å². The van der Waals surface area contributed by atoms with Crippen LogP contribution in [-0.4, -0.2) is 17.0 Å². The van der Waals surface area contributed by atoms with Gasteiger partial charge in [-0.15, -0.1) is 0 Å². The molecular formula is C13H21N3O. The maximum atomic E-state index is 12.0. The Morgan fingerprint density at radius 1 is 1.59 bits per heavy atom. The number of nitrogen functional groups attached to an aromatic ring is 1. The molecule has 4 nitrogen and oxygen atoms in total. The summed E-state index contributed by atoms with van der Waals surface area (Å²) in [5.41, 5.74) is 7.08. The quantitative estimate of drug-likeness (QED) is 0.820. The van der Waals surface area contributed by atoms with Gasteiger partial charge in [0.15, 0.2) is 0 Å². The molecule has 2 rings (SSSR count). The first-order valence-electron chi connectivity index (χ1n) is 6.44. The molecule has 4 heteroatoms. The van der Waals surface area contributed by atoms with E-state index in [1.807, 2.05) is 10.8 Å². The number of nitrogens with one attached hydrogen (secondary N) is 1. The van der Waals surface area contributed by atoms with Crippen LogP contribution in [0.2, 0.25) is 0 Å². The normalized spacial score (nSPS) is 15.6. The number of nitrogens with zero attached hydrogens (tertiary/aromatic N) is 1. The minimum Gasteiger partial charge on any atom is -0.397 e. The van der Waals surface area contributed by atoms with E-state index in [1.165, 1.54) is 19.3 Å². The minimum atomic E-state index is 0.00190. The van der Waals surface area contributed by atoms with Crippen molar-refractivity contribution in [3.8, 4) is 0 Å². The van der Waals surface area contributed by atoms with E-state index in [9.17, 15) is 4.79 Å². The van der Waals surface area contributed by atoms with E-state index in [4.69, 9.17) is 5.73 Å². The lowest BCUT2D eigenvalue weighted by atomic mass is 9.85. The molecule has 1 aliphatic rings. The van der Waals surface area contributed by atoms with Gasteiger partial charge in [-0.25, -0.2) is 0 Å². The van der Waals surface area contributed by atoms with Crippen molar-refractivity contribution in [2.45, 2.75) is 39.2 Å². The number of aryl methyl sites for hydroxylation is 1. The van der Waals surface area contributed by atoms with Gasteiger partial charge < -0.3 is 15.6 Å². The second-order valence-corrected chi connectivity index (χ2v) is 4.86. The first-order valence-corrected chi connectivity index (χ1v) is 6.44. The number of carbonyl (C=O) groups is 1. The second kappa shape index (κ2) is 5.25. The zero-order valence-corrected chi connectivity index (χ0v) is 10.4. The Labute approximate surface area is 102 Å². The molecule has 0 aromatic carbocycles. The summed E-state index contributed by atoms with van der Waals surface area (Å²) in [6.45, 7) is 3.73. The number of hydrogen-bond donors (Lipinski definition) is 2. The first kappa shape index (κ1) is 12.0. The lowest BCUT2D eigenvalue weighted by Gasteiger charge is -2.25. The summed E-state index contributed by atoms with van der Waals surface area (Å²) in [5.74, 6) is 0.688. The van der Waals surface area contributed by atoms with Crippen LogP contribution in [0.5, 0.6) is 0 Å². The molecule has 1 aromatic rings. The third-order valence-electron chi connectivity index (χ3n) is 3.39. The molecule has 94 valence electrons. The molecule has 0 aliphatic heterocycles. The molecule has 0 unspecified atom stereocenters. The van der Waals surface area contributed by atoms with E-state index >= 15 is 0 Å². The molecule has 1 amide bonds. The molecule has 1 fully saturated rings. The smallest absolute Gasteiger partial charge is 0.267 e. The summed E-state index contributed by atoms with van der Waals surface area (Å²) >= 11 is 0. The Morgan fingerprint density at radius 3 is 2.94 bits per heavy atom. The van der Waals surface area contributed by atoms with Crippen LogP contribution >= 0.6 is 0 Å². The van der Waals surface area contributed by atoms with E-state index in [0.717, 1.165) is 19.5 Å². The van der Waals surface area contributed by atoms with Crippen LogP contribution in [0.25, 0.3) is 0 Å². The van der Waals surface area contributed by atoms with E-state index in [-0.39, 0.29) is 5.91 Å². The number of rotatable bonds is 5. The van der Waals surface area contributed by atoms with Gasteiger partial charge in [0.05, 0.1) is 5.69 Å². The van der Waals surface area contributed by atoms with Gasteiger partial charge in [0, 0.05) is 19.3 Å². The molecule has 0 saturated heterocycles. The predicted molar refractivity (Wildman–Crippen MR) is 68.8 cm³/mol. The van der Waals surface area contributed by atoms with Crippen molar-refractivity contribution >= 4 is 11.6 Å². The van der Waals surface area contributed by atoms with Crippen molar-refractivity contribution in [3.05, 3.63) is 18.0 Å². The fraction of sp³-hybridized carbons (Fsp3) is 0.615. The zero-order chi connectivity index (χ0) is 12.3. The van der Waals surface area contributed by atoms with Crippen LogP contribution in [0, 0.1) is 5.92 Å². The second-order valence-electron chi connectivity index (χ2n) is 4.86. The van der Waals surface area contributed by atoms with Crippen molar-refractivity contribution in [2.24, 2.45) is 5.92 Å². The number of hydrogen-bond acceptors (Lipinski definition) is 2. The molecule has 17 heavy (non-hydrogen) atoms. The van der Waals surface area contributed by atoms with Gasteiger partial charge >= 0.3 is 0 Å². The lowest BCUT2D eigenvalue weighted by Crippen LogP contribution is -2.33. The minimum absolute atomic E-state index is 0.00190. The topological polar surface area (TPSA) is 60.0 Å². The lowest BCUT2D eigenvalue weighted by molar-refractivity contribution is 0.0929. The fourth-order valence-electron chi connectivity index (χ4n) is 2.17. The Hall–Kier alpha value is -1.45. The molecule has 3 N–H and O–H groups in total. The number of nitrogens with two attached hydrogens (primary N) is 1. The summed E-state index contributed by atoms with van der Waals surface area (Å²) in [7, 11) is 0. The first-order chi connectivity index (χ1) is 8.20. The van der Waals surface area contributed by atoms with Gasteiger partial charge in [0.25, 0.3) is 5.91 Å². The van der Waals surface area contributed by atoms with Crippen molar-refractivity contribution in [3.63, 3.8) is 0 Å². The average Bonchev–Trinajstić information content (AvgIpc) is 2.58. The van der Waals surface area contributed by atoms with Crippen molar-refractivity contribution in [2.75, 3.05) is 12.3 Å². The Kier molecular flexibility index (Phi) is 3.71. The predicted octanol–water partition coefficient (Wildman–Crippen LogP) is 2.01. The van der Waals surface area contributed by atoms with Gasteiger partial charge in [-0.1, -0.05) is 13.3 Å². The zero-order valence-electron chi connectivity index (χ0n) is 10.4. The Bertz CT molecular complexity index is 393. The molecule has 1 aliphatic carbocycles. The van der Waals surface area contributed by atoms with Gasteiger partial charge in [-0.3, -0.25) is 4.79 Å². The van der Waals surface area contributed by atoms with Crippen LogP contribution < -0.4 is 11.1 Å². The summed E-state index contributed by atoms with van der Waals surface area (Å²) in [6, 6.07) is 1.76. The molecule has 1 aromatic heterocycles. The fourth-order valence-corrected chi connectivity index (χ4v) is 2.17. The highest BCUT2D eigenvalue weighted by Gasteiger charge is 2.19. The summed E-state index contributed by atoms with van der Waals surface area (Å²) < 4.78 is 1.94. The number of amides is 1. The number of aromatic nitrogens is 1. The van der Waals surface area contributed by atoms with Crippen LogP contribution in [0.1, 0.15) is 43.1 Å². The summed E-state index contributed by atoms with van der Waals surface area (Å²) in [4.78, 5) is 12.0. The van der Waals surface area contributed by atoms with Crippen LogP contribution in [-0.2, 0) is 6.54 Å². The molecule has 0 atom stereocenters. The third-order valence-corrected chi connectivity index (χ3v) is 3.39. The molecule has 1 saturated carbocycles. The Morgan fingerprint density at radius 2 is 2.35 bits per heavy atom. The highest BCUT2D eigenvalue weighted by molar-refractivity contribution is 5.93. The molecule has 1 heterocycles. The van der Waals surface area contributed by atoms with Gasteiger partial charge in [-0.05, 0) is 31.2 Å². The van der Waals surface area contributed by atoms with Gasteiger partial charge in [-0.2, -0.15) is 0 Å². The summed E-state index contributed by atoms with van der Waals surface area (Å²) in [5, 5.41) is 3.00. The number of carbonyl (C=O) groups excluding carboxylic acids is 1. The third kappa shape index (κ3) is 2.81. The van der Waals surface area contributed by atoms with Gasteiger partial charge in [0.1, 0.15) is 5.69 Å². The maximum Gasteiger partial charge on any atom is 0.267 e. The number of anilines is 1. The Balaban J connectivity index is 1.96. The largest absolute Gasteiger partial charge is 0.397 e. The molecular weight excluding hydrogens is 214 g/mol. The highest BCUT2D eigenvalue weighted by Crippen LogP contribution is 2.25. The molecule has 0 bridgehead atoms. The van der Waals surface area contributed by atoms with Crippen molar-refractivity contribution in [1.82, 2.24) is 9.88 Å². The van der Waals surface area contributed by atoms with Gasteiger partial charge in [0.2, 0.25) is 0 Å². The van der Waals surface area contributed by atoms with Crippen LogP contribution in [0.15, 0.2) is 12.3 Å².